The highest BCUT2D eigenvalue weighted by atomic mass is 16.3. The third kappa shape index (κ3) is 1.95. The van der Waals surface area contributed by atoms with Crippen LogP contribution in [0.5, 0.6) is 0 Å². The average Bonchev–Trinajstić information content (AvgIpc) is 2.15. The molecule has 1 rings (SSSR count). The second-order valence-corrected chi connectivity index (χ2v) is 2.34. The number of hydrogen-bond donors (Lipinski definition) is 0. The normalized spacial score (nSPS) is 12.0. The highest BCUT2D eigenvalue weighted by molar-refractivity contribution is 5.19. The van der Waals surface area contributed by atoms with Crippen molar-refractivity contribution >= 4 is 0 Å². The fraction of sp³-hybridized carbons (Fsp3) is 0.250. The van der Waals surface area contributed by atoms with E-state index in [4.69, 9.17) is 0 Å². The van der Waals surface area contributed by atoms with Gasteiger partial charge < -0.3 is 0 Å². The summed E-state index contributed by atoms with van der Waals surface area (Å²) in [6.07, 6.45) is 0. The summed E-state index contributed by atoms with van der Waals surface area (Å²) in [5.74, 6) is 0. The number of hydrogen-bond acceptors (Lipinski definition) is 4. The van der Waals surface area contributed by atoms with Crippen LogP contribution in [0.25, 0.3) is 0 Å². The number of nitrogens with zero attached hydrogens (tertiary/aromatic N) is 2. The maximum atomic E-state index is 10.2. The van der Waals surface area contributed by atoms with Crippen molar-refractivity contribution in [2.75, 3.05) is 6.54 Å². The molecule has 0 heterocycles. The molecule has 0 aliphatic carbocycles. The predicted molar refractivity (Wildman–Crippen MR) is 45.6 cm³/mol. The van der Waals surface area contributed by atoms with Crippen molar-refractivity contribution in [1.29, 1.82) is 0 Å². The molecule has 1 aromatic rings. The molecule has 0 fully saturated rings. The zero-order valence-electron chi connectivity index (χ0n) is 6.38. The summed E-state index contributed by atoms with van der Waals surface area (Å²) in [7, 11) is 0. The molecule has 1 unspecified atom stereocenters. The molecule has 0 radical (unpaired) electrons. The lowest BCUT2D eigenvalue weighted by molar-refractivity contribution is 0.731. The summed E-state index contributed by atoms with van der Waals surface area (Å²) in [5, 5.41) is 5.44. The summed E-state index contributed by atoms with van der Waals surface area (Å²) in [6.45, 7) is -0.0898. The maximum Gasteiger partial charge on any atom is 0.140 e. The van der Waals surface area contributed by atoms with E-state index in [0.29, 0.717) is 0 Å². The van der Waals surface area contributed by atoms with Crippen molar-refractivity contribution in [2.24, 2.45) is 10.4 Å². The van der Waals surface area contributed by atoms with Crippen LogP contribution in [0.4, 0.5) is 0 Å². The molecule has 0 spiro atoms. The van der Waals surface area contributed by atoms with Gasteiger partial charge in [0.25, 0.3) is 0 Å². The molecule has 0 aliphatic rings. The first-order valence-electron chi connectivity index (χ1n) is 3.55. The summed E-state index contributed by atoms with van der Waals surface area (Å²) >= 11 is 0. The molecule has 4 nitrogen and oxygen atoms in total. The van der Waals surface area contributed by atoms with Gasteiger partial charge in [-0.05, 0) is 5.56 Å². The van der Waals surface area contributed by atoms with Crippen LogP contribution in [0.3, 0.4) is 0 Å². The monoisotopic (exact) mass is 164 g/mol. The second-order valence-electron chi connectivity index (χ2n) is 2.34. The second kappa shape index (κ2) is 4.33. The highest BCUT2D eigenvalue weighted by Gasteiger charge is 2.10. The van der Waals surface area contributed by atoms with Crippen LogP contribution in [0, 0.1) is 9.81 Å². The van der Waals surface area contributed by atoms with E-state index in [1.54, 1.807) is 24.3 Å². The van der Waals surface area contributed by atoms with Crippen LogP contribution in [0.2, 0.25) is 0 Å². The SMILES string of the molecule is O=NCC(N=O)c1ccccc1. The van der Waals surface area contributed by atoms with Gasteiger partial charge in [-0.3, -0.25) is 0 Å². The summed E-state index contributed by atoms with van der Waals surface area (Å²) < 4.78 is 0. The number of benzene rings is 1. The molecule has 4 heteroatoms. The van der Waals surface area contributed by atoms with E-state index in [1.165, 1.54) is 0 Å². The zero-order chi connectivity index (χ0) is 8.81. The van der Waals surface area contributed by atoms with Crippen molar-refractivity contribution < 1.29 is 0 Å². The van der Waals surface area contributed by atoms with E-state index in [2.05, 4.69) is 10.4 Å². The van der Waals surface area contributed by atoms with Crippen LogP contribution >= 0.6 is 0 Å². The highest BCUT2D eigenvalue weighted by Crippen LogP contribution is 2.16. The lowest BCUT2D eigenvalue weighted by atomic mass is 10.1. The van der Waals surface area contributed by atoms with Gasteiger partial charge in [-0.25, -0.2) is 0 Å². The Bertz CT molecular complexity index is 261. The Labute approximate surface area is 69.6 Å². The Balaban J connectivity index is 2.79. The summed E-state index contributed by atoms with van der Waals surface area (Å²) in [4.78, 5) is 20.1. The minimum atomic E-state index is -0.635. The van der Waals surface area contributed by atoms with Crippen LogP contribution in [-0.4, -0.2) is 6.54 Å². The lowest BCUT2D eigenvalue weighted by Crippen LogP contribution is -1.97. The van der Waals surface area contributed by atoms with Gasteiger partial charge in [0.05, 0.1) is 0 Å². The van der Waals surface area contributed by atoms with Gasteiger partial charge in [-0.2, -0.15) is 9.81 Å². The van der Waals surface area contributed by atoms with Gasteiger partial charge in [0, 0.05) is 0 Å². The Kier molecular flexibility index (Phi) is 3.07. The molecule has 0 amide bonds. The van der Waals surface area contributed by atoms with Crippen molar-refractivity contribution in [2.45, 2.75) is 6.04 Å². The van der Waals surface area contributed by atoms with Crippen LogP contribution < -0.4 is 0 Å². The van der Waals surface area contributed by atoms with Crippen LogP contribution in [0.1, 0.15) is 11.6 Å². The van der Waals surface area contributed by atoms with Crippen molar-refractivity contribution in [3.8, 4) is 0 Å². The first kappa shape index (κ1) is 8.52. The van der Waals surface area contributed by atoms with Crippen molar-refractivity contribution in [1.82, 2.24) is 0 Å². The Morgan fingerprint density at radius 3 is 2.33 bits per heavy atom. The average molecular weight is 164 g/mol. The molecular weight excluding hydrogens is 156 g/mol. The summed E-state index contributed by atoms with van der Waals surface area (Å²) in [6, 6.07) is 8.27. The molecule has 62 valence electrons. The molecule has 0 bridgehead atoms. The minimum Gasteiger partial charge on any atom is -0.151 e. The molecule has 12 heavy (non-hydrogen) atoms. The van der Waals surface area contributed by atoms with Gasteiger partial charge in [0.15, 0.2) is 0 Å². The van der Waals surface area contributed by atoms with Crippen LogP contribution in [0.15, 0.2) is 40.7 Å². The topological polar surface area (TPSA) is 58.9 Å². The fourth-order valence-electron chi connectivity index (χ4n) is 0.945. The molecule has 1 atom stereocenters. The number of nitroso groups, excluding NO2 is 2. The number of rotatable bonds is 4. The van der Waals surface area contributed by atoms with E-state index >= 15 is 0 Å². The van der Waals surface area contributed by atoms with Crippen LogP contribution in [-0.2, 0) is 0 Å². The first-order chi connectivity index (χ1) is 5.88. The Morgan fingerprint density at radius 1 is 1.17 bits per heavy atom. The Morgan fingerprint density at radius 2 is 1.83 bits per heavy atom. The van der Waals surface area contributed by atoms with E-state index in [1.807, 2.05) is 6.07 Å². The quantitative estimate of drug-likeness (QED) is 0.641. The molecule has 0 saturated carbocycles. The largest absolute Gasteiger partial charge is 0.151 e. The lowest BCUT2D eigenvalue weighted by Gasteiger charge is -2.02. The molecule has 0 N–H and O–H groups in total. The molecule has 0 aromatic heterocycles. The van der Waals surface area contributed by atoms with Gasteiger partial charge in [-0.1, -0.05) is 40.7 Å². The zero-order valence-corrected chi connectivity index (χ0v) is 6.38. The van der Waals surface area contributed by atoms with E-state index in [-0.39, 0.29) is 6.54 Å². The van der Waals surface area contributed by atoms with Gasteiger partial charge in [0.2, 0.25) is 0 Å². The van der Waals surface area contributed by atoms with Crippen molar-refractivity contribution in [3.63, 3.8) is 0 Å². The predicted octanol–water partition coefficient (Wildman–Crippen LogP) is 2.26. The molecular formula is C8H8N2O2. The van der Waals surface area contributed by atoms with E-state index in [0.717, 1.165) is 5.56 Å². The standard InChI is InChI=1S/C8H8N2O2/c11-9-6-8(10-12)7-4-2-1-3-5-7/h1-5,8H,6H2. The van der Waals surface area contributed by atoms with Gasteiger partial charge in [-0.15, -0.1) is 0 Å². The van der Waals surface area contributed by atoms with Crippen molar-refractivity contribution in [3.05, 3.63) is 45.7 Å². The molecule has 1 aromatic carbocycles. The van der Waals surface area contributed by atoms with E-state index in [9.17, 15) is 9.81 Å². The van der Waals surface area contributed by atoms with Gasteiger partial charge in [0.1, 0.15) is 12.6 Å². The summed E-state index contributed by atoms with van der Waals surface area (Å²) in [5.41, 5.74) is 0.729. The van der Waals surface area contributed by atoms with E-state index < -0.39 is 6.04 Å². The molecule has 0 aliphatic heterocycles. The third-order valence-corrected chi connectivity index (χ3v) is 1.56. The maximum absolute atomic E-state index is 10.2. The minimum absolute atomic E-state index is 0.0898. The first-order valence-corrected chi connectivity index (χ1v) is 3.55. The third-order valence-electron chi connectivity index (χ3n) is 1.56. The molecule has 0 saturated heterocycles. The Hall–Kier alpha value is -1.58. The smallest absolute Gasteiger partial charge is 0.140 e. The van der Waals surface area contributed by atoms with Gasteiger partial charge >= 0.3 is 0 Å². The fourth-order valence-corrected chi connectivity index (χ4v) is 0.945.